The monoisotopic (exact) mass is 226 g/mol. The summed E-state index contributed by atoms with van der Waals surface area (Å²) < 4.78 is 0. The van der Waals surface area contributed by atoms with Gasteiger partial charge >= 0.3 is 0 Å². The number of aliphatic hydroxyl groups is 1. The average Bonchev–Trinajstić information content (AvgIpc) is 2.54. The van der Waals surface area contributed by atoms with Crippen molar-refractivity contribution in [1.29, 1.82) is 0 Å². The Morgan fingerprint density at radius 3 is 2.44 bits per heavy atom. The molecule has 3 N–H and O–H groups in total. The van der Waals surface area contributed by atoms with Crippen molar-refractivity contribution in [3.05, 3.63) is 0 Å². The summed E-state index contributed by atoms with van der Waals surface area (Å²) in [5.41, 5.74) is 0. The zero-order valence-corrected chi connectivity index (χ0v) is 9.74. The number of carbonyl (C=O) groups excluding carboxylic acids is 1. The summed E-state index contributed by atoms with van der Waals surface area (Å²) in [5, 5.41) is 15.5. The summed E-state index contributed by atoms with van der Waals surface area (Å²) in [6.45, 7) is 0.544. The number of carbonyl (C=O) groups is 1. The average molecular weight is 226 g/mol. The third-order valence-corrected chi connectivity index (χ3v) is 3.63. The van der Waals surface area contributed by atoms with E-state index < -0.39 is 0 Å². The fraction of sp³-hybridized carbons (Fsp3) is 0.917. The van der Waals surface area contributed by atoms with Crippen LogP contribution in [-0.4, -0.2) is 35.7 Å². The van der Waals surface area contributed by atoms with E-state index in [-0.39, 0.29) is 18.1 Å². The molecule has 0 aromatic carbocycles. The van der Waals surface area contributed by atoms with Crippen LogP contribution in [0.5, 0.6) is 0 Å². The lowest BCUT2D eigenvalue weighted by Gasteiger charge is -2.19. The van der Waals surface area contributed by atoms with E-state index >= 15 is 0 Å². The highest BCUT2D eigenvalue weighted by Crippen LogP contribution is 2.17. The van der Waals surface area contributed by atoms with Crippen LogP contribution in [0.4, 0.5) is 0 Å². The topological polar surface area (TPSA) is 61.4 Å². The fourth-order valence-electron chi connectivity index (χ4n) is 2.64. The van der Waals surface area contributed by atoms with Crippen LogP contribution in [0.3, 0.4) is 0 Å². The second kappa shape index (κ2) is 5.64. The second-order valence-corrected chi connectivity index (χ2v) is 5.05. The van der Waals surface area contributed by atoms with E-state index in [0.29, 0.717) is 19.0 Å². The van der Waals surface area contributed by atoms with Crippen molar-refractivity contribution in [3.63, 3.8) is 0 Å². The van der Waals surface area contributed by atoms with Gasteiger partial charge in [-0.1, -0.05) is 25.7 Å². The van der Waals surface area contributed by atoms with E-state index in [1.165, 1.54) is 25.7 Å². The van der Waals surface area contributed by atoms with Crippen molar-refractivity contribution in [2.24, 2.45) is 0 Å². The quantitative estimate of drug-likeness (QED) is 0.603. The molecular weight excluding hydrogens is 204 g/mol. The maximum atomic E-state index is 11.9. The molecule has 4 heteroatoms. The van der Waals surface area contributed by atoms with Gasteiger partial charge in [-0.2, -0.15) is 0 Å². The molecule has 0 aromatic rings. The molecule has 1 aliphatic carbocycles. The first-order chi connectivity index (χ1) is 7.75. The van der Waals surface area contributed by atoms with Crippen LogP contribution in [0, 0.1) is 0 Å². The Morgan fingerprint density at radius 2 is 1.88 bits per heavy atom. The third kappa shape index (κ3) is 3.19. The number of amides is 1. The fourth-order valence-corrected chi connectivity index (χ4v) is 2.64. The Morgan fingerprint density at radius 1 is 1.19 bits per heavy atom. The van der Waals surface area contributed by atoms with Gasteiger partial charge in [-0.25, -0.2) is 0 Å². The van der Waals surface area contributed by atoms with Crippen LogP contribution in [-0.2, 0) is 4.79 Å². The molecule has 1 saturated carbocycles. The van der Waals surface area contributed by atoms with Crippen molar-refractivity contribution in [3.8, 4) is 0 Å². The number of hydrogen-bond acceptors (Lipinski definition) is 3. The van der Waals surface area contributed by atoms with Gasteiger partial charge < -0.3 is 15.7 Å². The maximum Gasteiger partial charge on any atom is 0.237 e. The van der Waals surface area contributed by atoms with Gasteiger partial charge in [-0.05, 0) is 19.3 Å². The van der Waals surface area contributed by atoms with Crippen molar-refractivity contribution in [2.75, 3.05) is 6.54 Å². The molecule has 2 unspecified atom stereocenters. The van der Waals surface area contributed by atoms with Crippen LogP contribution in [0.2, 0.25) is 0 Å². The van der Waals surface area contributed by atoms with Gasteiger partial charge in [0.1, 0.15) is 0 Å². The van der Waals surface area contributed by atoms with E-state index in [1.807, 2.05) is 0 Å². The van der Waals surface area contributed by atoms with E-state index in [2.05, 4.69) is 10.6 Å². The summed E-state index contributed by atoms with van der Waals surface area (Å²) in [6.07, 6.45) is 7.47. The molecule has 2 atom stereocenters. The zero-order chi connectivity index (χ0) is 11.4. The molecular formula is C12H22N2O2. The molecule has 0 aromatic heterocycles. The van der Waals surface area contributed by atoms with E-state index in [0.717, 1.165) is 12.8 Å². The second-order valence-electron chi connectivity index (χ2n) is 5.05. The lowest BCUT2D eigenvalue weighted by molar-refractivity contribution is -0.123. The number of nitrogens with one attached hydrogen (secondary N) is 2. The van der Waals surface area contributed by atoms with Crippen LogP contribution in [0.1, 0.15) is 44.9 Å². The van der Waals surface area contributed by atoms with Gasteiger partial charge in [0.25, 0.3) is 0 Å². The third-order valence-electron chi connectivity index (χ3n) is 3.63. The summed E-state index contributed by atoms with van der Waals surface area (Å²) >= 11 is 0. The summed E-state index contributed by atoms with van der Waals surface area (Å²) in [5.74, 6) is 0.0726. The first kappa shape index (κ1) is 11.9. The highest BCUT2D eigenvalue weighted by Gasteiger charge is 2.29. The molecule has 1 aliphatic heterocycles. The molecule has 2 fully saturated rings. The van der Waals surface area contributed by atoms with Crippen LogP contribution in [0.15, 0.2) is 0 Å². The Balaban J connectivity index is 1.77. The minimum absolute atomic E-state index is 0.0726. The molecule has 1 heterocycles. The first-order valence-electron chi connectivity index (χ1n) is 6.47. The molecule has 0 radical (unpaired) electrons. The SMILES string of the molecule is O=C(NC1CCCCCC1)C1CC(O)CN1. The summed E-state index contributed by atoms with van der Waals surface area (Å²) in [6, 6.07) is 0.174. The van der Waals surface area contributed by atoms with Crippen molar-refractivity contribution < 1.29 is 9.90 Å². The lowest BCUT2D eigenvalue weighted by Crippen LogP contribution is -2.45. The zero-order valence-electron chi connectivity index (χ0n) is 9.74. The lowest BCUT2D eigenvalue weighted by atomic mass is 10.1. The predicted octanol–water partition coefficient (Wildman–Crippen LogP) is 0.548. The van der Waals surface area contributed by atoms with Gasteiger partial charge in [-0.3, -0.25) is 4.79 Å². The Hall–Kier alpha value is -0.610. The van der Waals surface area contributed by atoms with Gasteiger partial charge in [0.05, 0.1) is 12.1 Å². The molecule has 1 amide bonds. The molecule has 16 heavy (non-hydrogen) atoms. The molecule has 92 valence electrons. The van der Waals surface area contributed by atoms with Crippen molar-refractivity contribution in [1.82, 2.24) is 10.6 Å². The largest absolute Gasteiger partial charge is 0.392 e. The molecule has 0 bridgehead atoms. The number of hydrogen-bond donors (Lipinski definition) is 3. The molecule has 4 nitrogen and oxygen atoms in total. The Bertz CT molecular complexity index is 237. The standard InChI is InChI=1S/C12H22N2O2/c15-10-7-11(13-8-10)12(16)14-9-5-3-1-2-4-6-9/h9-11,13,15H,1-8H2,(H,14,16). The van der Waals surface area contributed by atoms with Crippen molar-refractivity contribution >= 4 is 5.91 Å². The van der Waals surface area contributed by atoms with Gasteiger partial charge in [0.2, 0.25) is 5.91 Å². The summed E-state index contributed by atoms with van der Waals surface area (Å²) in [4.78, 5) is 11.9. The van der Waals surface area contributed by atoms with E-state index in [9.17, 15) is 9.90 Å². The smallest absolute Gasteiger partial charge is 0.237 e. The van der Waals surface area contributed by atoms with Gasteiger partial charge in [0, 0.05) is 12.6 Å². The van der Waals surface area contributed by atoms with Crippen LogP contribution < -0.4 is 10.6 Å². The molecule has 0 spiro atoms. The van der Waals surface area contributed by atoms with E-state index in [1.54, 1.807) is 0 Å². The first-order valence-corrected chi connectivity index (χ1v) is 6.47. The predicted molar refractivity (Wildman–Crippen MR) is 62.0 cm³/mol. The normalized spacial score (nSPS) is 32.3. The number of aliphatic hydroxyl groups excluding tert-OH is 1. The number of β-amino-alcohol motifs (C(OH)–C–C–N with tert-alkyl or cyclic N) is 1. The van der Waals surface area contributed by atoms with Crippen molar-refractivity contribution in [2.45, 2.75) is 63.1 Å². The molecule has 2 rings (SSSR count). The highest BCUT2D eigenvalue weighted by atomic mass is 16.3. The maximum absolute atomic E-state index is 11.9. The Labute approximate surface area is 96.8 Å². The van der Waals surface area contributed by atoms with Crippen LogP contribution >= 0.6 is 0 Å². The van der Waals surface area contributed by atoms with Crippen LogP contribution in [0.25, 0.3) is 0 Å². The van der Waals surface area contributed by atoms with Gasteiger partial charge in [-0.15, -0.1) is 0 Å². The minimum atomic E-state index is -0.357. The summed E-state index contributed by atoms with van der Waals surface area (Å²) in [7, 11) is 0. The highest BCUT2D eigenvalue weighted by molar-refractivity contribution is 5.82. The van der Waals surface area contributed by atoms with Gasteiger partial charge in [0.15, 0.2) is 0 Å². The van der Waals surface area contributed by atoms with E-state index in [4.69, 9.17) is 0 Å². The Kier molecular flexibility index (Phi) is 4.18. The molecule has 2 aliphatic rings. The minimum Gasteiger partial charge on any atom is -0.392 e. The number of rotatable bonds is 2. The molecule has 1 saturated heterocycles.